The van der Waals surface area contributed by atoms with E-state index in [-0.39, 0.29) is 11.7 Å². The lowest BCUT2D eigenvalue weighted by molar-refractivity contribution is -0.192. The molecule has 1 aromatic heterocycles. The second-order valence-electron chi connectivity index (χ2n) is 7.10. The van der Waals surface area contributed by atoms with Crippen LogP contribution in [0.15, 0.2) is 24.4 Å². The lowest BCUT2D eigenvalue weighted by Gasteiger charge is -2.52. The fourth-order valence-electron chi connectivity index (χ4n) is 2.97. The second-order valence-corrected chi connectivity index (χ2v) is 9.59. The lowest BCUT2D eigenvalue weighted by atomic mass is 9.86. The molecule has 1 N–H and O–H groups in total. The minimum atomic E-state index is -5.08. The minimum absolute atomic E-state index is 0.0209. The number of ether oxygens (including phenoxy) is 2. The Morgan fingerprint density at radius 1 is 1.38 bits per heavy atom. The molecule has 3 rings (SSSR count). The molecule has 2 saturated heterocycles. The average molecular weight is 440 g/mol. The number of aliphatic carboxylic acids is 1. The first kappa shape index (κ1) is 23.4. The number of halogens is 3. The number of carboxylic acid groups (broad SMARTS) is 1. The fourth-order valence-corrected chi connectivity index (χ4v) is 4.39. The van der Waals surface area contributed by atoms with E-state index in [1.807, 2.05) is 18.2 Å². The van der Waals surface area contributed by atoms with Crippen LogP contribution in [-0.2, 0) is 19.6 Å². The van der Waals surface area contributed by atoms with Crippen molar-refractivity contribution in [1.29, 1.82) is 0 Å². The molecule has 0 bridgehead atoms. The zero-order chi connectivity index (χ0) is 21.9. The number of carboxylic acids is 1. The topological polar surface area (TPSA) is 106 Å². The van der Waals surface area contributed by atoms with Gasteiger partial charge >= 0.3 is 12.1 Å². The van der Waals surface area contributed by atoms with E-state index < -0.39 is 27.4 Å². The molecule has 2 aliphatic heterocycles. The van der Waals surface area contributed by atoms with Crippen molar-refractivity contribution >= 4 is 16.0 Å². The number of hydrogen-bond donors (Lipinski definition) is 1. The van der Waals surface area contributed by atoms with Gasteiger partial charge in [0.2, 0.25) is 15.9 Å². The highest BCUT2D eigenvalue weighted by Crippen LogP contribution is 2.37. The number of carbonyl (C=O) groups is 1. The monoisotopic (exact) mass is 440 g/mol. The molecule has 164 valence electrons. The normalized spacial score (nSPS) is 21.8. The summed E-state index contributed by atoms with van der Waals surface area (Å²) in [5.41, 5.74) is -0.389. The molecule has 0 saturated carbocycles. The van der Waals surface area contributed by atoms with E-state index in [1.54, 1.807) is 20.0 Å². The lowest BCUT2D eigenvalue weighted by Crippen LogP contribution is -2.68. The fraction of sp³-hybridized carbons (Fsp3) is 0.647. The van der Waals surface area contributed by atoms with Gasteiger partial charge in [0.15, 0.2) is 0 Å². The van der Waals surface area contributed by atoms with Gasteiger partial charge in [0.05, 0.1) is 17.5 Å². The van der Waals surface area contributed by atoms with Crippen LogP contribution in [0.2, 0.25) is 0 Å². The number of sulfonamides is 1. The summed E-state index contributed by atoms with van der Waals surface area (Å²) >= 11 is 0. The first-order valence-corrected chi connectivity index (χ1v) is 10.4. The van der Waals surface area contributed by atoms with E-state index in [4.69, 9.17) is 19.4 Å². The molecule has 2 aliphatic rings. The van der Waals surface area contributed by atoms with Crippen molar-refractivity contribution < 1.29 is 41.0 Å². The third-order valence-corrected chi connectivity index (χ3v) is 6.67. The van der Waals surface area contributed by atoms with Crippen molar-refractivity contribution in [2.75, 3.05) is 19.7 Å². The van der Waals surface area contributed by atoms with Gasteiger partial charge < -0.3 is 14.6 Å². The van der Waals surface area contributed by atoms with Crippen molar-refractivity contribution in [2.24, 2.45) is 0 Å². The summed E-state index contributed by atoms with van der Waals surface area (Å²) in [6.07, 6.45) is -1.86. The van der Waals surface area contributed by atoms with Crippen LogP contribution in [0.25, 0.3) is 0 Å². The van der Waals surface area contributed by atoms with Crippen LogP contribution in [0.1, 0.15) is 26.7 Å². The third-order valence-electron chi connectivity index (χ3n) is 4.50. The van der Waals surface area contributed by atoms with Gasteiger partial charge in [-0.1, -0.05) is 6.07 Å². The Morgan fingerprint density at radius 3 is 2.48 bits per heavy atom. The maximum absolute atomic E-state index is 12.1. The Labute approximate surface area is 166 Å². The molecule has 12 heteroatoms. The SMILES string of the molecule is CC(C)S(=O)(=O)N1CC2(CC(Oc3ccccn3)CCO2)C1.O=C(O)C(F)(F)F. The van der Waals surface area contributed by atoms with E-state index in [2.05, 4.69) is 4.98 Å². The Morgan fingerprint density at radius 2 is 2.00 bits per heavy atom. The maximum atomic E-state index is 12.1. The summed E-state index contributed by atoms with van der Waals surface area (Å²) in [5.74, 6) is -2.15. The molecule has 0 aliphatic carbocycles. The molecular formula is C17H23F3N2O6S. The van der Waals surface area contributed by atoms with Crippen LogP contribution in [0.4, 0.5) is 13.2 Å². The highest BCUT2D eigenvalue weighted by Gasteiger charge is 2.52. The van der Waals surface area contributed by atoms with E-state index >= 15 is 0 Å². The van der Waals surface area contributed by atoms with Gasteiger partial charge in [-0.15, -0.1) is 0 Å². The molecule has 1 unspecified atom stereocenters. The molecule has 0 amide bonds. The number of nitrogens with zero attached hydrogens (tertiary/aromatic N) is 2. The van der Waals surface area contributed by atoms with Crippen molar-refractivity contribution in [2.45, 2.75) is 49.8 Å². The molecule has 8 nitrogen and oxygen atoms in total. The summed E-state index contributed by atoms with van der Waals surface area (Å²) < 4.78 is 69.3. The molecule has 1 atom stereocenters. The predicted molar refractivity (Wildman–Crippen MR) is 95.9 cm³/mol. The van der Waals surface area contributed by atoms with E-state index in [0.29, 0.717) is 32.0 Å². The Kier molecular flexibility index (Phi) is 7.12. The van der Waals surface area contributed by atoms with Gasteiger partial charge in [0, 0.05) is 38.2 Å². The van der Waals surface area contributed by atoms with Crippen LogP contribution < -0.4 is 4.74 Å². The molecule has 29 heavy (non-hydrogen) atoms. The van der Waals surface area contributed by atoms with Crippen LogP contribution in [-0.4, -0.2) is 71.6 Å². The predicted octanol–water partition coefficient (Wildman–Crippen LogP) is 2.07. The standard InChI is InChI=1S/C15H22N2O4S.C2HF3O2/c1-12(2)22(18,19)17-10-15(11-17)9-13(6-8-20-15)21-14-5-3-4-7-16-14;3-2(4,5)1(6)7/h3-5,7,12-13H,6,8-11H2,1-2H3;(H,6,7). The van der Waals surface area contributed by atoms with Crippen molar-refractivity contribution in [3.63, 3.8) is 0 Å². The maximum Gasteiger partial charge on any atom is 0.490 e. The number of rotatable bonds is 4. The summed E-state index contributed by atoms with van der Waals surface area (Å²) in [5, 5.41) is 6.73. The second kappa shape index (κ2) is 8.84. The molecular weight excluding hydrogens is 417 g/mol. The molecule has 3 heterocycles. The zero-order valence-corrected chi connectivity index (χ0v) is 16.7. The summed E-state index contributed by atoms with van der Waals surface area (Å²) in [6, 6.07) is 5.56. The van der Waals surface area contributed by atoms with Crippen LogP contribution in [0.5, 0.6) is 5.88 Å². The zero-order valence-electron chi connectivity index (χ0n) is 15.9. The van der Waals surface area contributed by atoms with Gasteiger partial charge in [0.25, 0.3) is 0 Å². The molecule has 1 aromatic rings. The highest BCUT2D eigenvalue weighted by atomic mass is 32.2. The number of aromatic nitrogens is 1. The van der Waals surface area contributed by atoms with Gasteiger partial charge in [0.1, 0.15) is 6.10 Å². The summed E-state index contributed by atoms with van der Waals surface area (Å²) in [4.78, 5) is 13.1. The van der Waals surface area contributed by atoms with Crippen molar-refractivity contribution in [1.82, 2.24) is 9.29 Å². The number of hydrogen-bond acceptors (Lipinski definition) is 6. The van der Waals surface area contributed by atoms with Gasteiger partial charge in [-0.2, -0.15) is 17.5 Å². The van der Waals surface area contributed by atoms with Crippen molar-refractivity contribution in [3.05, 3.63) is 24.4 Å². The van der Waals surface area contributed by atoms with E-state index in [9.17, 15) is 21.6 Å². The first-order chi connectivity index (χ1) is 13.4. The summed E-state index contributed by atoms with van der Waals surface area (Å²) in [6.45, 7) is 4.85. The molecule has 0 radical (unpaired) electrons. The van der Waals surface area contributed by atoms with E-state index in [1.165, 1.54) is 4.31 Å². The number of alkyl halides is 3. The van der Waals surface area contributed by atoms with Crippen molar-refractivity contribution in [3.8, 4) is 5.88 Å². The first-order valence-electron chi connectivity index (χ1n) is 8.86. The van der Waals surface area contributed by atoms with Gasteiger partial charge in [-0.05, 0) is 19.9 Å². The largest absolute Gasteiger partial charge is 0.490 e. The molecule has 0 aromatic carbocycles. The quantitative estimate of drug-likeness (QED) is 0.764. The molecule has 1 spiro atoms. The van der Waals surface area contributed by atoms with E-state index in [0.717, 1.165) is 6.42 Å². The number of pyridine rings is 1. The smallest absolute Gasteiger partial charge is 0.475 e. The average Bonchev–Trinajstić information content (AvgIpc) is 2.60. The Balaban J connectivity index is 0.000000370. The third kappa shape index (κ3) is 6.03. The summed E-state index contributed by atoms with van der Waals surface area (Å²) in [7, 11) is -3.19. The highest BCUT2D eigenvalue weighted by molar-refractivity contribution is 7.89. The van der Waals surface area contributed by atoms with Crippen LogP contribution in [0.3, 0.4) is 0 Å². The van der Waals surface area contributed by atoms with Gasteiger partial charge in [-0.3, -0.25) is 0 Å². The Bertz CT molecular complexity index is 795. The Hall–Kier alpha value is -1.92. The van der Waals surface area contributed by atoms with Gasteiger partial charge in [-0.25, -0.2) is 18.2 Å². The van der Waals surface area contributed by atoms with Crippen LogP contribution >= 0.6 is 0 Å². The molecule has 2 fully saturated rings. The minimum Gasteiger partial charge on any atom is -0.475 e. The van der Waals surface area contributed by atoms with Crippen LogP contribution in [0, 0.1) is 0 Å².